The van der Waals surface area contributed by atoms with Crippen molar-refractivity contribution in [3.05, 3.63) is 88.6 Å². The highest BCUT2D eigenvalue weighted by Crippen LogP contribution is 2.33. The standard InChI is InChI=1S/C25H21Cl2N9O2/c26-16-9-10-20(36-14-29-34-35-36)15(13-16)8-11-21(37)30-19-7-3-4-12-28-25(38)31-18-6-2-1-5-17(18)22-23(27)33-24(19)32-22/h1-6,8-11,13-14,19H,7,12H2,(H,30,37)(H,32,33)(H2,28,31,38)/b4-3-,11-8+/t19-/m0/s1. The monoisotopic (exact) mass is 549 g/mol. The van der Waals surface area contributed by atoms with E-state index in [1.807, 2.05) is 18.2 Å². The van der Waals surface area contributed by atoms with Crippen LogP contribution in [0.2, 0.25) is 10.2 Å². The first kappa shape index (κ1) is 25.2. The number of para-hydroxylation sites is 1. The van der Waals surface area contributed by atoms with Crippen molar-refractivity contribution in [2.45, 2.75) is 12.5 Å². The van der Waals surface area contributed by atoms with Gasteiger partial charge in [-0.1, -0.05) is 53.6 Å². The SMILES string of the molecule is O=C(/C=C/c1cc(Cl)ccc1-n1cnnn1)N[C@H]1C/C=C\CNC(=O)Nc2ccccc2-c2nc1[nH]c2Cl. The van der Waals surface area contributed by atoms with E-state index >= 15 is 0 Å². The van der Waals surface area contributed by atoms with Crippen LogP contribution < -0.4 is 16.0 Å². The lowest BCUT2D eigenvalue weighted by atomic mass is 10.1. The van der Waals surface area contributed by atoms with Gasteiger partial charge in [-0.3, -0.25) is 4.79 Å². The molecular weight excluding hydrogens is 529 g/mol. The van der Waals surface area contributed by atoms with E-state index < -0.39 is 6.04 Å². The van der Waals surface area contributed by atoms with E-state index in [2.05, 4.69) is 41.4 Å². The fourth-order valence-corrected chi connectivity index (χ4v) is 4.33. The minimum absolute atomic E-state index is 0.287. The highest BCUT2D eigenvalue weighted by atomic mass is 35.5. The summed E-state index contributed by atoms with van der Waals surface area (Å²) >= 11 is 12.7. The van der Waals surface area contributed by atoms with E-state index in [1.165, 1.54) is 17.1 Å². The van der Waals surface area contributed by atoms with Gasteiger partial charge in [-0.25, -0.2) is 9.78 Å². The Hall–Kier alpha value is -4.48. The molecule has 0 aliphatic carbocycles. The fraction of sp³-hybridized carbons (Fsp3) is 0.120. The fourth-order valence-electron chi connectivity index (χ4n) is 3.91. The molecule has 2 bridgehead atoms. The van der Waals surface area contributed by atoms with E-state index in [1.54, 1.807) is 42.5 Å². The van der Waals surface area contributed by atoms with Crippen molar-refractivity contribution < 1.29 is 9.59 Å². The van der Waals surface area contributed by atoms with Gasteiger partial charge in [-0.2, -0.15) is 4.68 Å². The molecule has 1 aliphatic rings. The number of hydrogen-bond acceptors (Lipinski definition) is 6. The molecule has 192 valence electrons. The second-order valence-electron chi connectivity index (χ2n) is 8.22. The van der Waals surface area contributed by atoms with E-state index in [4.69, 9.17) is 23.2 Å². The van der Waals surface area contributed by atoms with Crippen LogP contribution in [0.3, 0.4) is 0 Å². The summed E-state index contributed by atoms with van der Waals surface area (Å²) in [6.45, 7) is 0.312. The lowest BCUT2D eigenvalue weighted by Crippen LogP contribution is -2.29. The zero-order valence-corrected chi connectivity index (χ0v) is 21.2. The highest BCUT2D eigenvalue weighted by Gasteiger charge is 2.21. The second kappa shape index (κ2) is 11.3. The molecule has 0 spiro atoms. The molecule has 4 N–H and O–H groups in total. The van der Waals surface area contributed by atoms with Gasteiger partial charge in [-0.05, 0) is 47.2 Å². The number of halogens is 2. The van der Waals surface area contributed by atoms with Crippen LogP contribution in [-0.2, 0) is 4.79 Å². The number of tetrazole rings is 1. The van der Waals surface area contributed by atoms with Crippen molar-refractivity contribution in [3.8, 4) is 16.9 Å². The maximum absolute atomic E-state index is 13.0. The summed E-state index contributed by atoms with van der Waals surface area (Å²) < 4.78 is 1.48. The Bertz CT molecular complexity index is 1530. The predicted molar refractivity (Wildman–Crippen MR) is 144 cm³/mol. The van der Waals surface area contributed by atoms with Gasteiger partial charge in [0.05, 0.1) is 17.4 Å². The molecule has 0 saturated carbocycles. The number of aromatic nitrogens is 6. The minimum Gasteiger partial charge on any atom is -0.342 e. The van der Waals surface area contributed by atoms with Crippen LogP contribution in [0.5, 0.6) is 0 Å². The Morgan fingerprint density at radius 3 is 2.87 bits per heavy atom. The third-order valence-electron chi connectivity index (χ3n) is 5.67. The largest absolute Gasteiger partial charge is 0.342 e. The smallest absolute Gasteiger partial charge is 0.319 e. The molecule has 2 aromatic carbocycles. The number of hydrogen-bond donors (Lipinski definition) is 4. The molecule has 0 unspecified atom stereocenters. The number of carbonyl (C=O) groups excluding carboxylic acids is 2. The number of rotatable bonds is 4. The van der Waals surface area contributed by atoms with Crippen LogP contribution in [0.15, 0.2) is 67.0 Å². The third kappa shape index (κ3) is 5.74. The minimum atomic E-state index is -0.524. The number of amides is 3. The van der Waals surface area contributed by atoms with Crippen LogP contribution in [-0.4, -0.2) is 48.7 Å². The summed E-state index contributed by atoms with van der Waals surface area (Å²) in [5.41, 5.74) is 2.96. The van der Waals surface area contributed by atoms with Crippen LogP contribution in [0.1, 0.15) is 23.9 Å². The first-order chi connectivity index (χ1) is 18.5. The number of imidazole rings is 1. The number of carbonyl (C=O) groups is 2. The number of urea groups is 1. The summed E-state index contributed by atoms with van der Waals surface area (Å²) in [6, 6.07) is 11.5. The van der Waals surface area contributed by atoms with Crippen molar-refractivity contribution in [1.29, 1.82) is 0 Å². The molecular formula is C25H21Cl2N9O2. The lowest BCUT2D eigenvalue weighted by molar-refractivity contribution is -0.117. The highest BCUT2D eigenvalue weighted by molar-refractivity contribution is 6.32. The van der Waals surface area contributed by atoms with Gasteiger partial charge >= 0.3 is 6.03 Å². The molecule has 0 radical (unpaired) electrons. The van der Waals surface area contributed by atoms with Crippen molar-refractivity contribution >= 4 is 46.9 Å². The van der Waals surface area contributed by atoms with E-state index in [0.29, 0.717) is 52.0 Å². The van der Waals surface area contributed by atoms with Gasteiger partial charge in [0.2, 0.25) is 5.91 Å². The molecule has 3 amide bonds. The summed E-state index contributed by atoms with van der Waals surface area (Å²) in [5.74, 6) is 0.113. The molecule has 1 atom stereocenters. The first-order valence-corrected chi connectivity index (χ1v) is 12.3. The van der Waals surface area contributed by atoms with Gasteiger partial charge in [0.25, 0.3) is 0 Å². The Kier molecular flexibility index (Phi) is 7.47. The zero-order chi connectivity index (χ0) is 26.5. The number of benzene rings is 2. The quantitative estimate of drug-likeness (QED) is 0.220. The topological polar surface area (TPSA) is 143 Å². The van der Waals surface area contributed by atoms with Gasteiger partial charge in [0, 0.05) is 28.8 Å². The molecule has 13 heteroatoms. The Morgan fingerprint density at radius 1 is 1.16 bits per heavy atom. The molecule has 0 fully saturated rings. The number of fused-ring (bicyclic) bond motifs is 4. The summed E-state index contributed by atoms with van der Waals surface area (Å²) in [7, 11) is 0. The molecule has 4 aromatic rings. The number of nitrogens with one attached hydrogen (secondary N) is 4. The average molecular weight is 550 g/mol. The second-order valence-corrected chi connectivity index (χ2v) is 9.04. The van der Waals surface area contributed by atoms with Gasteiger partial charge < -0.3 is 20.9 Å². The maximum atomic E-state index is 13.0. The summed E-state index contributed by atoms with van der Waals surface area (Å²) in [5, 5.41) is 20.6. The number of anilines is 1. The maximum Gasteiger partial charge on any atom is 0.319 e. The van der Waals surface area contributed by atoms with Gasteiger partial charge in [-0.15, -0.1) is 5.10 Å². The average Bonchev–Trinajstić information content (AvgIpc) is 3.57. The normalized spacial score (nSPS) is 16.4. The van der Waals surface area contributed by atoms with E-state index in [-0.39, 0.29) is 17.1 Å². The Labute approximate surface area is 226 Å². The summed E-state index contributed by atoms with van der Waals surface area (Å²) in [6.07, 6.45) is 8.53. The molecule has 1 aliphatic heterocycles. The lowest BCUT2D eigenvalue weighted by Gasteiger charge is -2.14. The van der Waals surface area contributed by atoms with Crippen molar-refractivity contribution in [2.24, 2.45) is 0 Å². The van der Waals surface area contributed by atoms with Crippen LogP contribution in [0.25, 0.3) is 23.0 Å². The summed E-state index contributed by atoms with van der Waals surface area (Å²) in [4.78, 5) is 33.1. The molecule has 11 nitrogen and oxygen atoms in total. The third-order valence-corrected chi connectivity index (χ3v) is 6.18. The Balaban J connectivity index is 1.42. The number of aromatic amines is 1. The number of nitrogens with zero attached hydrogens (tertiary/aromatic N) is 5. The van der Waals surface area contributed by atoms with Crippen molar-refractivity contribution in [3.63, 3.8) is 0 Å². The Morgan fingerprint density at radius 2 is 2.03 bits per heavy atom. The van der Waals surface area contributed by atoms with Crippen LogP contribution in [0, 0.1) is 0 Å². The van der Waals surface area contributed by atoms with Crippen molar-refractivity contribution in [1.82, 2.24) is 40.8 Å². The zero-order valence-electron chi connectivity index (χ0n) is 19.7. The molecule has 2 aromatic heterocycles. The van der Waals surface area contributed by atoms with Crippen LogP contribution >= 0.6 is 23.2 Å². The van der Waals surface area contributed by atoms with Gasteiger partial charge in [0.1, 0.15) is 23.0 Å². The van der Waals surface area contributed by atoms with E-state index in [9.17, 15) is 9.59 Å². The number of H-pyrrole nitrogens is 1. The molecule has 38 heavy (non-hydrogen) atoms. The molecule has 5 rings (SSSR count). The molecule has 0 saturated heterocycles. The predicted octanol–water partition coefficient (Wildman–Crippen LogP) is 4.31. The first-order valence-electron chi connectivity index (χ1n) is 11.5. The van der Waals surface area contributed by atoms with Crippen molar-refractivity contribution in [2.75, 3.05) is 11.9 Å². The van der Waals surface area contributed by atoms with Gasteiger partial charge in [0.15, 0.2) is 0 Å². The van der Waals surface area contributed by atoms with Crippen LogP contribution in [0.4, 0.5) is 10.5 Å². The van der Waals surface area contributed by atoms with E-state index in [0.717, 1.165) is 0 Å². The molecule has 3 heterocycles.